The molecule has 4 rings (SSSR count). The van der Waals surface area contributed by atoms with Crippen molar-refractivity contribution in [2.45, 2.75) is 38.3 Å². The van der Waals surface area contributed by atoms with Crippen molar-refractivity contribution in [1.29, 1.82) is 0 Å². The molecule has 0 saturated carbocycles. The fraction of sp³-hybridized carbons (Fsp3) is 0.429. The van der Waals surface area contributed by atoms with E-state index in [0.717, 1.165) is 16.7 Å². The Kier molecular flexibility index (Phi) is 8.81. The lowest BCUT2D eigenvalue weighted by Gasteiger charge is -2.41. The Morgan fingerprint density at radius 3 is 2.46 bits per heavy atom. The molecule has 2 aliphatic heterocycles. The largest absolute Gasteiger partial charge is 0.496 e. The van der Waals surface area contributed by atoms with Crippen LogP contribution >= 0.6 is 0 Å². The molecule has 2 amide bonds. The molecular weight excluding hydrogens is 520 g/mol. The third kappa shape index (κ3) is 6.54. The number of ether oxygens (including phenoxy) is 2. The number of sulfonamides is 1. The van der Waals surface area contributed by atoms with E-state index in [0.29, 0.717) is 62.6 Å². The maximum absolute atomic E-state index is 13.4. The van der Waals surface area contributed by atoms with Gasteiger partial charge in [0.15, 0.2) is 0 Å². The van der Waals surface area contributed by atoms with Gasteiger partial charge in [-0.05, 0) is 37.5 Å². The maximum Gasteiger partial charge on any atom is 0.242 e. The summed E-state index contributed by atoms with van der Waals surface area (Å²) in [6.45, 7) is 7.43. The number of benzene rings is 2. The van der Waals surface area contributed by atoms with Crippen LogP contribution in [0.3, 0.4) is 0 Å². The highest BCUT2D eigenvalue weighted by Gasteiger charge is 2.35. The van der Waals surface area contributed by atoms with Gasteiger partial charge in [-0.3, -0.25) is 9.59 Å². The second-order valence-electron chi connectivity index (χ2n) is 9.82. The predicted octanol–water partition coefficient (Wildman–Crippen LogP) is 2.07. The van der Waals surface area contributed by atoms with Crippen molar-refractivity contribution in [3.05, 3.63) is 65.6 Å². The summed E-state index contributed by atoms with van der Waals surface area (Å²) < 4.78 is 37.0. The molecule has 2 N–H and O–H groups in total. The predicted molar refractivity (Wildman–Crippen MR) is 149 cm³/mol. The van der Waals surface area contributed by atoms with Crippen molar-refractivity contribution in [1.82, 2.24) is 9.21 Å². The summed E-state index contributed by atoms with van der Waals surface area (Å²) in [4.78, 5) is 29.4. The molecule has 1 unspecified atom stereocenters. The summed E-state index contributed by atoms with van der Waals surface area (Å²) in [6.07, 6.45) is 1.02. The fourth-order valence-corrected chi connectivity index (χ4v) is 6.10. The molecule has 0 radical (unpaired) electrons. The second-order valence-corrected chi connectivity index (χ2v) is 11.7. The maximum atomic E-state index is 13.4. The number of piperidine rings is 1. The zero-order valence-corrected chi connectivity index (χ0v) is 23.2. The molecule has 1 atom stereocenters. The topological polar surface area (TPSA) is 122 Å². The standard InChI is InChI=1S/C28H36N4O6S/c1-4-39(35,36)31-13-11-22(12-14-31)38-23-10-9-21(26(18-23)37-3)17-27(33)32-16-15-30(19-25(32)28(29)34)24-8-6-5-7-20(24)2/h4-10,18,22,25H,1,11-17,19H2,2-3H3,(H2,29,34). The van der Waals surface area contributed by atoms with Crippen LogP contribution in [0.2, 0.25) is 0 Å². The summed E-state index contributed by atoms with van der Waals surface area (Å²) in [5.41, 5.74) is 8.53. The first-order valence-corrected chi connectivity index (χ1v) is 14.5. The van der Waals surface area contributed by atoms with Crippen LogP contribution in [0.5, 0.6) is 11.5 Å². The number of nitrogens with zero attached hydrogens (tertiary/aromatic N) is 3. The highest BCUT2D eigenvalue weighted by atomic mass is 32.2. The number of piperazine rings is 1. The number of para-hydroxylation sites is 1. The van der Waals surface area contributed by atoms with Gasteiger partial charge in [0.25, 0.3) is 0 Å². The molecular formula is C28H36N4O6S. The number of aryl methyl sites for hydroxylation is 1. The first kappa shape index (κ1) is 28.4. The Labute approximate surface area is 230 Å². The fourth-order valence-electron chi connectivity index (χ4n) is 5.17. The molecule has 2 heterocycles. The summed E-state index contributed by atoms with van der Waals surface area (Å²) >= 11 is 0. The minimum atomic E-state index is -3.43. The average molecular weight is 557 g/mol. The molecule has 2 fully saturated rings. The van der Waals surface area contributed by atoms with Gasteiger partial charge in [0, 0.05) is 55.4 Å². The molecule has 0 aliphatic carbocycles. The third-order valence-electron chi connectivity index (χ3n) is 7.36. The number of anilines is 1. The van der Waals surface area contributed by atoms with Gasteiger partial charge < -0.3 is 25.0 Å². The molecule has 2 aromatic carbocycles. The van der Waals surface area contributed by atoms with Crippen LogP contribution in [0.1, 0.15) is 24.0 Å². The van der Waals surface area contributed by atoms with Crippen molar-refractivity contribution in [3.8, 4) is 11.5 Å². The quantitative estimate of drug-likeness (QED) is 0.502. The number of hydrogen-bond acceptors (Lipinski definition) is 7. The van der Waals surface area contributed by atoms with E-state index in [-0.39, 0.29) is 18.4 Å². The van der Waals surface area contributed by atoms with Crippen molar-refractivity contribution >= 4 is 27.5 Å². The van der Waals surface area contributed by atoms with E-state index >= 15 is 0 Å². The minimum Gasteiger partial charge on any atom is -0.496 e. The number of hydrogen-bond donors (Lipinski definition) is 1. The molecule has 0 bridgehead atoms. The van der Waals surface area contributed by atoms with Gasteiger partial charge in [-0.25, -0.2) is 8.42 Å². The molecule has 0 spiro atoms. The van der Waals surface area contributed by atoms with Gasteiger partial charge in [0.05, 0.1) is 13.5 Å². The van der Waals surface area contributed by atoms with Crippen molar-refractivity contribution in [2.24, 2.45) is 5.73 Å². The van der Waals surface area contributed by atoms with E-state index < -0.39 is 22.0 Å². The van der Waals surface area contributed by atoms with Crippen LogP contribution in [0.25, 0.3) is 0 Å². The first-order valence-electron chi connectivity index (χ1n) is 13.0. The Bertz CT molecular complexity index is 1320. The number of primary amides is 1. The lowest BCUT2D eigenvalue weighted by molar-refractivity contribution is -0.139. The van der Waals surface area contributed by atoms with E-state index in [1.807, 2.05) is 31.2 Å². The number of carbonyl (C=O) groups is 2. The highest BCUT2D eigenvalue weighted by Crippen LogP contribution is 2.29. The van der Waals surface area contributed by atoms with E-state index in [2.05, 4.69) is 11.5 Å². The van der Waals surface area contributed by atoms with Crippen LogP contribution in [0, 0.1) is 6.92 Å². The van der Waals surface area contributed by atoms with Gasteiger partial charge in [-0.1, -0.05) is 30.8 Å². The lowest BCUT2D eigenvalue weighted by atomic mass is 10.0. The van der Waals surface area contributed by atoms with Gasteiger partial charge in [0.2, 0.25) is 21.8 Å². The van der Waals surface area contributed by atoms with E-state index in [1.165, 1.54) is 11.4 Å². The van der Waals surface area contributed by atoms with Crippen LogP contribution < -0.4 is 20.1 Å². The van der Waals surface area contributed by atoms with Crippen LogP contribution in [0.15, 0.2) is 54.5 Å². The Hall–Kier alpha value is -3.57. The second kappa shape index (κ2) is 12.1. The lowest BCUT2D eigenvalue weighted by Crippen LogP contribution is -2.60. The SMILES string of the molecule is C=CS(=O)(=O)N1CCC(Oc2ccc(CC(=O)N3CCN(c4ccccc4C)CC3C(N)=O)c(OC)c2)CC1. The number of amides is 2. The third-order valence-corrected chi connectivity index (χ3v) is 8.87. The minimum absolute atomic E-state index is 0.0510. The molecule has 210 valence electrons. The molecule has 2 aliphatic rings. The van der Waals surface area contributed by atoms with Crippen molar-refractivity contribution in [3.63, 3.8) is 0 Å². The smallest absolute Gasteiger partial charge is 0.242 e. The van der Waals surface area contributed by atoms with Crippen molar-refractivity contribution < 1.29 is 27.5 Å². The average Bonchev–Trinajstić information content (AvgIpc) is 2.94. The molecule has 11 heteroatoms. The first-order chi connectivity index (χ1) is 18.6. The summed E-state index contributed by atoms with van der Waals surface area (Å²) in [7, 11) is -1.90. The molecule has 39 heavy (non-hydrogen) atoms. The van der Waals surface area contributed by atoms with Crippen LogP contribution in [-0.2, 0) is 26.0 Å². The summed E-state index contributed by atoms with van der Waals surface area (Å²) in [5.74, 6) is 0.340. The highest BCUT2D eigenvalue weighted by molar-refractivity contribution is 7.92. The normalized spacial score (nSPS) is 19.0. The number of carbonyl (C=O) groups excluding carboxylic acids is 2. The molecule has 0 aromatic heterocycles. The van der Waals surface area contributed by atoms with E-state index in [9.17, 15) is 18.0 Å². The Morgan fingerprint density at radius 1 is 1.10 bits per heavy atom. The van der Waals surface area contributed by atoms with Crippen molar-refractivity contribution in [2.75, 3.05) is 44.7 Å². The number of methoxy groups -OCH3 is 1. The van der Waals surface area contributed by atoms with E-state index in [4.69, 9.17) is 15.2 Å². The number of rotatable bonds is 9. The molecule has 2 saturated heterocycles. The monoisotopic (exact) mass is 556 g/mol. The van der Waals surface area contributed by atoms with Gasteiger partial charge in [0.1, 0.15) is 23.6 Å². The Balaban J connectivity index is 1.40. The summed E-state index contributed by atoms with van der Waals surface area (Å²) in [6, 6.07) is 12.5. The van der Waals surface area contributed by atoms with Crippen LogP contribution in [0.4, 0.5) is 5.69 Å². The van der Waals surface area contributed by atoms with Crippen LogP contribution in [-0.4, -0.2) is 81.4 Å². The van der Waals surface area contributed by atoms with Gasteiger partial charge in [-0.15, -0.1) is 0 Å². The van der Waals surface area contributed by atoms with E-state index in [1.54, 1.807) is 23.1 Å². The molecule has 10 nitrogen and oxygen atoms in total. The molecule has 2 aromatic rings. The summed E-state index contributed by atoms with van der Waals surface area (Å²) in [5, 5.41) is 0.967. The zero-order chi connectivity index (χ0) is 28.2. The number of nitrogens with two attached hydrogens (primary N) is 1. The Morgan fingerprint density at radius 2 is 1.82 bits per heavy atom. The zero-order valence-electron chi connectivity index (χ0n) is 22.4. The van der Waals surface area contributed by atoms with Gasteiger partial charge >= 0.3 is 0 Å². The van der Waals surface area contributed by atoms with Gasteiger partial charge in [-0.2, -0.15) is 4.31 Å².